The van der Waals surface area contributed by atoms with Gasteiger partial charge in [0.2, 0.25) is 17.7 Å². The molecule has 0 bridgehead atoms. The number of aromatic nitrogens is 1. The topological polar surface area (TPSA) is 88.6 Å². The number of nitrogens with zero attached hydrogens (tertiary/aromatic N) is 4. The third-order valence-electron chi connectivity index (χ3n) is 8.61. The summed E-state index contributed by atoms with van der Waals surface area (Å²) in [5, 5.41) is 3.62. The maximum absolute atomic E-state index is 14.2. The van der Waals surface area contributed by atoms with Gasteiger partial charge in [0.15, 0.2) is 0 Å². The molecule has 0 radical (unpaired) electrons. The van der Waals surface area contributed by atoms with E-state index < -0.39 is 0 Å². The zero-order valence-electron chi connectivity index (χ0n) is 26.1. The van der Waals surface area contributed by atoms with Gasteiger partial charge in [-0.2, -0.15) is 4.98 Å². The van der Waals surface area contributed by atoms with Crippen LogP contribution in [-0.4, -0.2) is 117 Å². The standard InChI is InChI=1S/C32H46FN5O5/c1-21-15-36(28(14-34-21)16-37-22(2)18-41-19-23(37)3)17-30(39)38-24(4)20-43-32-29(38)13-26(31(35-32)42-11-10-40-5)12-25-6-8-27(33)9-7-25/h6-9,13,21-24,28,34H,10-12,14-20H2,1-5H3/t21-,22-,23-,24+,28-/m1/s1. The highest BCUT2D eigenvalue weighted by molar-refractivity contribution is 5.97. The van der Waals surface area contributed by atoms with Crippen LogP contribution < -0.4 is 19.7 Å². The molecule has 5 rings (SSSR count). The number of carbonyl (C=O) groups excluding carboxylic acids is 1. The number of carbonyl (C=O) groups is 1. The molecular weight excluding hydrogens is 553 g/mol. The Morgan fingerprint density at radius 3 is 2.53 bits per heavy atom. The van der Waals surface area contributed by atoms with E-state index in [1.165, 1.54) is 12.1 Å². The lowest BCUT2D eigenvalue weighted by molar-refractivity contribution is -0.122. The lowest BCUT2D eigenvalue weighted by Gasteiger charge is -2.46. The second kappa shape index (κ2) is 14.3. The van der Waals surface area contributed by atoms with E-state index in [-0.39, 0.29) is 29.8 Å². The van der Waals surface area contributed by atoms with Crippen LogP contribution in [0.15, 0.2) is 30.3 Å². The van der Waals surface area contributed by atoms with Crippen LogP contribution in [0.2, 0.25) is 0 Å². The number of piperazine rings is 1. The Morgan fingerprint density at radius 1 is 1.07 bits per heavy atom. The number of halogens is 1. The fourth-order valence-electron chi connectivity index (χ4n) is 6.27. The minimum atomic E-state index is -0.291. The van der Waals surface area contributed by atoms with Crippen molar-refractivity contribution in [3.63, 3.8) is 0 Å². The number of benzene rings is 1. The van der Waals surface area contributed by atoms with Crippen molar-refractivity contribution in [1.29, 1.82) is 0 Å². The number of fused-ring (bicyclic) bond motifs is 1. The third-order valence-corrected chi connectivity index (χ3v) is 8.61. The van der Waals surface area contributed by atoms with E-state index in [1.807, 2.05) is 17.9 Å². The summed E-state index contributed by atoms with van der Waals surface area (Å²) < 4.78 is 36.5. The van der Waals surface area contributed by atoms with Crippen LogP contribution in [0.4, 0.5) is 10.1 Å². The summed E-state index contributed by atoms with van der Waals surface area (Å²) >= 11 is 0. The molecule has 3 aliphatic heterocycles. The lowest BCUT2D eigenvalue weighted by Crippen LogP contribution is -2.63. The summed E-state index contributed by atoms with van der Waals surface area (Å²) in [4.78, 5) is 25.6. The Labute approximate surface area is 254 Å². The van der Waals surface area contributed by atoms with Crippen molar-refractivity contribution in [2.75, 3.05) is 71.2 Å². The van der Waals surface area contributed by atoms with Crippen molar-refractivity contribution in [2.24, 2.45) is 0 Å². The van der Waals surface area contributed by atoms with Gasteiger partial charge >= 0.3 is 0 Å². The lowest BCUT2D eigenvalue weighted by atomic mass is 10.0. The van der Waals surface area contributed by atoms with Gasteiger partial charge in [-0.05, 0) is 51.5 Å². The number of ether oxygens (including phenoxy) is 4. The van der Waals surface area contributed by atoms with E-state index in [1.54, 1.807) is 19.2 Å². The molecule has 1 aromatic heterocycles. The van der Waals surface area contributed by atoms with E-state index in [4.69, 9.17) is 23.9 Å². The van der Waals surface area contributed by atoms with Crippen LogP contribution in [0.3, 0.4) is 0 Å². The number of morpholine rings is 1. The van der Waals surface area contributed by atoms with Gasteiger partial charge in [0.1, 0.15) is 24.7 Å². The van der Waals surface area contributed by atoms with Crippen LogP contribution in [0.25, 0.3) is 0 Å². The minimum absolute atomic E-state index is 0.0156. The monoisotopic (exact) mass is 599 g/mol. The van der Waals surface area contributed by atoms with Gasteiger partial charge in [-0.1, -0.05) is 12.1 Å². The highest BCUT2D eigenvalue weighted by Crippen LogP contribution is 2.37. The fourth-order valence-corrected chi connectivity index (χ4v) is 6.27. The number of methoxy groups -OCH3 is 1. The Balaban J connectivity index is 1.39. The molecule has 236 valence electrons. The summed E-state index contributed by atoms with van der Waals surface area (Å²) in [6.07, 6.45) is 0.465. The molecule has 2 saturated heterocycles. The number of amides is 1. The van der Waals surface area contributed by atoms with Crippen molar-refractivity contribution < 1.29 is 28.1 Å². The van der Waals surface area contributed by atoms with Crippen LogP contribution in [0.1, 0.15) is 38.8 Å². The average Bonchev–Trinajstić information content (AvgIpc) is 2.97. The molecule has 2 fully saturated rings. The molecule has 4 heterocycles. The number of anilines is 1. The Kier molecular flexibility index (Phi) is 10.5. The van der Waals surface area contributed by atoms with E-state index >= 15 is 0 Å². The minimum Gasteiger partial charge on any atom is -0.475 e. The molecular formula is C32H46FN5O5. The van der Waals surface area contributed by atoms with E-state index in [0.717, 1.165) is 44.0 Å². The predicted octanol–water partition coefficient (Wildman–Crippen LogP) is 2.72. The quantitative estimate of drug-likeness (QED) is 0.414. The first-order valence-corrected chi connectivity index (χ1v) is 15.4. The number of hydrogen-bond acceptors (Lipinski definition) is 9. The zero-order chi connectivity index (χ0) is 30.5. The SMILES string of the molecule is COCCOc1nc2c(cc1Cc1ccc(F)cc1)N(C(=O)CN1C[C@@H](C)NC[C@@H]1CN1[C@H](C)COC[C@H]1C)[C@@H](C)CO2. The third kappa shape index (κ3) is 7.64. The first-order chi connectivity index (χ1) is 20.7. The van der Waals surface area contributed by atoms with E-state index in [0.29, 0.717) is 62.3 Å². The molecule has 3 aliphatic rings. The maximum Gasteiger partial charge on any atom is 0.241 e. The summed E-state index contributed by atoms with van der Waals surface area (Å²) in [6.45, 7) is 13.9. The molecule has 11 heteroatoms. The molecule has 0 saturated carbocycles. The first-order valence-electron chi connectivity index (χ1n) is 15.4. The summed E-state index contributed by atoms with van der Waals surface area (Å²) in [7, 11) is 1.61. The molecule has 10 nitrogen and oxygen atoms in total. The van der Waals surface area contributed by atoms with Gasteiger partial charge in [0, 0.05) is 62.9 Å². The predicted molar refractivity (Wildman–Crippen MR) is 163 cm³/mol. The second-order valence-corrected chi connectivity index (χ2v) is 12.2. The molecule has 0 unspecified atom stereocenters. The number of nitrogens with one attached hydrogen (secondary N) is 1. The molecule has 5 atom stereocenters. The summed E-state index contributed by atoms with van der Waals surface area (Å²) in [5.41, 5.74) is 2.34. The van der Waals surface area contributed by atoms with Crippen molar-refractivity contribution >= 4 is 11.6 Å². The molecule has 0 spiro atoms. The van der Waals surface area contributed by atoms with E-state index in [9.17, 15) is 9.18 Å². The number of pyridine rings is 1. The average molecular weight is 600 g/mol. The van der Waals surface area contributed by atoms with Crippen molar-refractivity contribution in [2.45, 2.75) is 64.3 Å². The zero-order valence-corrected chi connectivity index (χ0v) is 26.1. The second-order valence-electron chi connectivity index (χ2n) is 12.2. The first kappa shape index (κ1) is 31.6. The van der Waals surface area contributed by atoms with Gasteiger partial charge in [-0.15, -0.1) is 0 Å². The molecule has 0 aliphatic carbocycles. The van der Waals surface area contributed by atoms with Crippen molar-refractivity contribution in [3.05, 3.63) is 47.3 Å². The Morgan fingerprint density at radius 2 is 1.81 bits per heavy atom. The van der Waals surface area contributed by atoms with Gasteiger partial charge in [-0.3, -0.25) is 14.6 Å². The van der Waals surface area contributed by atoms with Crippen LogP contribution in [0, 0.1) is 5.82 Å². The Bertz CT molecular complexity index is 1220. The van der Waals surface area contributed by atoms with Crippen molar-refractivity contribution in [3.8, 4) is 11.8 Å². The van der Waals surface area contributed by atoms with Crippen molar-refractivity contribution in [1.82, 2.24) is 20.1 Å². The molecule has 43 heavy (non-hydrogen) atoms. The molecule has 1 N–H and O–H groups in total. The van der Waals surface area contributed by atoms with E-state index in [2.05, 4.69) is 35.9 Å². The number of rotatable bonds is 10. The van der Waals surface area contributed by atoms with Crippen LogP contribution in [0.5, 0.6) is 11.8 Å². The maximum atomic E-state index is 14.2. The highest BCUT2D eigenvalue weighted by Gasteiger charge is 2.37. The van der Waals surface area contributed by atoms with Gasteiger partial charge in [0.05, 0.1) is 32.4 Å². The van der Waals surface area contributed by atoms with Gasteiger partial charge in [-0.25, -0.2) is 4.39 Å². The highest BCUT2D eigenvalue weighted by atomic mass is 19.1. The largest absolute Gasteiger partial charge is 0.475 e. The van der Waals surface area contributed by atoms with Crippen LogP contribution in [-0.2, 0) is 20.7 Å². The van der Waals surface area contributed by atoms with Crippen LogP contribution >= 0.6 is 0 Å². The Hall–Kier alpha value is -2.83. The molecule has 1 aromatic carbocycles. The fraction of sp³-hybridized carbons (Fsp3) is 0.625. The molecule has 2 aromatic rings. The summed E-state index contributed by atoms with van der Waals surface area (Å²) in [6, 6.07) is 9.30. The van der Waals surface area contributed by atoms with Gasteiger partial charge < -0.3 is 29.2 Å². The molecule has 1 amide bonds. The smallest absolute Gasteiger partial charge is 0.241 e. The normalized spacial score (nSPS) is 26.6. The summed E-state index contributed by atoms with van der Waals surface area (Å²) in [5.74, 6) is 0.525. The number of hydrogen-bond donors (Lipinski definition) is 1. The van der Waals surface area contributed by atoms with Gasteiger partial charge in [0.25, 0.3) is 0 Å².